The summed E-state index contributed by atoms with van der Waals surface area (Å²) in [7, 11) is 0. The highest BCUT2D eigenvalue weighted by Gasteiger charge is 2.26. The van der Waals surface area contributed by atoms with Gasteiger partial charge < -0.3 is 10.3 Å². The third-order valence-electron chi connectivity index (χ3n) is 3.66. The van der Waals surface area contributed by atoms with Crippen molar-refractivity contribution in [3.8, 4) is 6.07 Å². The van der Waals surface area contributed by atoms with Crippen LogP contribution in [0.1, 0.15) is 32.0 Å². The third-order valence-corrected chi connectivity index (χ3v) is 3.66. The molecule has 0 aliphatic carbocycles. The van der Waals surface area contributed by atoms with Gasteiger partial charge in [-0.3, -0.25) is 4.79 Å². The Morgan fingerprint density at radius 1 is 1.38 bits per heavy atom. The number of nitrogens with one attached hydrogen (secondary N) is 2. The number of H-pyrrole nitrogens is 1. The van der Waals surface area contributed by atoms with Crippen LogP contribution in [0.3, 0.4) is 0 Å². The van der Waals surface area contributed by atoms with Gasteiger partial charge in [-0.15, -0.1) is 0 Å². The first-order valence-corrected chi connectivity index (χ1v) is 7.08. The van der Waals surface area contributed by atoms with E-state index in [0.29, 0.717) is 0 Å². The zero-order valence-corrected chi connectivity index (χ0v) is 12.9. The Balaban J connectivity index is 2.19. The molecule has 0 fully saturated rings. The van der Waals surface area contributed by atoms with Crippen LogP contribution < -0.4 is 5.32 Å². The molecule has 0 saturated heterocycles. The molecule has 4 nitrogen and oxygen atoms in total. The number of nitriles is 1. The average Bonchev–Trinajstić information content (AvgIpc) is 2.71. The van der Waals surface area contributed by atoms with Crippen molar-refractivity contribution in [2.75, 3.05) is 0 Å². The SMILES string of the molecule is Cc1[nH]c2ccccc2c1CC(=O)NC(C#N)C(C)(C)C. The molecule has 110 valence electrons. The summed E-state index contributed by atoms with van der Waals surface area (Å²) in [6.45, 7) is 7.79. The molecule has 0 spiro atoms. The van der Waals surface area contributed by atoms with E-state index in [1.165, 1.54) is 0 Å². The minimum Gasteiger partial charge on any atom is -0.358 e. The van der Waals surface area contributed by atoms with Crippen molar-refractivity contribution in [1.82, 2.24) is 10.3 Å². The first-order valence-electron chi connectivity index (χ1n) is 7.08. The third kappa shape index (κ3) is 3.25. The molecule has 1 atom stereocenters. The second kappa shape index (κ2) is 5.61. The second-order valence-electron chi connectivity index (χ2n) is 6.45. The van der Waals surface area contributed by atoms with Crippen LogP contribution in [0.15, 0.2) is 24.3 Å². The lowest BCUT2D eigenvalue weighted by molar-refractivity contribution is -0.121. The van der Waals surface area contributed by atoms with Crippen molar-refractivity contribution in [3.05, 3.63) is 35.5 Å². The molecule has 1 heterocycles. The molecule has 1 amide bonds. The zero-order chi connectivity index (χ0) is 15.6. The van der Waals surface area contributed by atoms with Gasteiger partial charge in [-0.2, -0.15) is 5.26 Å². The Hall–Kier alpha value is -2.28. The van der Waals surface area contributed by atoms with E-state index in [1.807, 2.05) is 52.0 Å². The molecule has 21 heavy (non-hydrogen) atoms. The van der Waals surface area contributed by atoms with E-state index in [4.69, 9.17) is 0 Å². The normalized spacial score (nSPS) is 12.9. The Bertz CT molecular complexity index is 701. The van der Waals surface area contributed by atoms with Gasteiger partial charge in [0.2, 0.25) is 5.91 Å². The van der Waals surface area contributed by atoms with E-state index in [9.17, 15) is 10.1 Å². The lowest BCUT2D eigenvalue weighted by atomic mass is 9.87. The average molecular weight is 283 g/mol. The number of benzene rings is 1. The summed E-state index contributed by atoms with van der Waals surface area (Å²) in [6, 6.07) is 9.61. The standard InChI is InChI=1S/C17H21N3O/c1-11-13(12-7-5-6-8-14(12)19-11)9-16(21)20-15(10-18)17(2,3)4/h5-8,15,19H,9H2,1-4H3,(H,20,21). The zero-order valence-electron chi connectivity index (χ0n) is 12.9. The van der Waals surface area contributed by atoms with Gasteiger partial charge in [0.1, 0.15) is 6.04 Å². The smallest absolute Gasteiger partial charge is 0.225 e. The summed E-state index contributed by atoms with van der Waals surface area (Å²) in [5, 5.41) is 13.1. The van der Waals surface area contributed by atoms with E-state index in [2.05, 4.69) is 16.4 Å². The van der Waals surface area contributed by atoms with E-state index in [-0.39, 0.29) is 17.7 Å². The minimum absolute atomic E-state index is 0.121. The van der Waals surface area contributed by atoms with Crippen molar-refractivity contribution in [2.24, 2.45) is 5.41 Å². The topological polar surface area (TPSA) is 68.7 Å². The van der Waals surface area contributed by atoms with Crippen molar-refractivity contribution >= 4 is 16.8 Å². The molecule has 0 aliphatic rings. The number of aryl methyl sites for hydroxylation is 1. The molecule has 2 aromatic rings. The fraction of sp³-hybridized carbons (Fsp3) is 0.412. The summed E-state index contributed by atoms with van der Waals surface area (Å²) in [5.41, 5.74) is 2.74. The number of para-hydroxylation sites is 1. The highest BCUT2D eigenvalue weighted by Crippen LogP contribution is 2.23. The Labute approximate surface area is 125 Å². The summed E-state index contributed by atoms with van der Waals surface area (Å²) < 4.78 is 0. The molecular weight excluding hydrogens is 262 g/mol. The molecule has 1 aromatic carbocycles. The van der Waals surface area contributed by atoms with Gasteiger partial charge in [-0.1, -0.05) is 39.0 Å². The monoisotopic (exact) mass is 283 g/mol. The van der Waals surface area contributed by atoms with Gasteiger partial charge >= 0.3 is 0 Å². The number of aromatic amines is 1. The lowest BCUT2D eigenvalue weighted by Gasteiger charge is -2.25. The van der Waals surface area contributed by atoms with Crippen molar-refractivity contribution < 1.29 is 4.79 Å². The van der Waals surface area contributed by atoms with Crippen LogP contribution in [0.2, 0.25) is 0 Å². The molecule has 2 rings (SSSR count). The predicted molar refractivity (Wildman–Crippen MR) is 83.7 cm³/mol. The summed E-state index contributed by atoms with van der Waals surface area (Å²) in [5.74, 6) is -0.121. The van der Waals surface area contributed by atoms with Gasteiger partial charge in [-0.25, -0.2) is 0 Å². The number of hydrogen-bond acceptors (Lipinski definition) is 2. The molecule has 2 N–H and O–H groups in total. The van der Waals surface area contributed by atoms with Crippen LogP contribution in [-0.4, -0.2) is 16.9 Å². The second-order valence-corrected chi connectivity index (χ2v) is 6.45. The number of amides is 1. The summed E-state index contributed by atoms with van der Waals surface area (Å²) in [6.07, 6.45) is 0.282. The molecular formula is C17H21N3O. The van der Waals surface area contributed by atoms with E-state index in [1.54, 1.807) is 0 Å². The predicted octanol–water partition coefficient (Wildman–Crippen LogP) is 3.07. The number of hydrogen-bond donors (Lipinski definition) is 2. The number of nitrogens with zero attached hydrogens (tertiary/aromatic N) is 1. The first-order chi connectivity index (χ1) is 9.82. The van der Waals surface area contributed by atoms with Crippen LogP contribution in [0.25, 0.3) is 10.9 Å². The molecule has 1 unspecified atom stereocenters. The van der Waals surface area contributed by atoms with E-state index in [0.717, 1.165) is 22.2 Å². The van der Waals surface area contributed by atoms with Gasteiger partial charge in [0.25, 0.3) is 0 Å². The Kier molecular flexibility index (Phi) is 4.04. The maximum atomic E-state index is 12.2. The number of carbonyl (C=O) groups is 1. The van der Waals surface area contributed by atoms with Crippen molar-refractivity contribution in [1.29, 1.82) is 5.26 Å². The highest BCUT2D eigenvalue weighted by molar-refractivity contribution is 5.90. The molecule has 0 saturated carbocycles. The fourth-order valence-corrected chi connectivity index (χ4v) is 2.38. The van der Waals surface area contributed by atoms with Gasteiger partial charge in [0.15, 0.2) is 0 Å². The van der Waals surface area contributed by atoms with E-state index < -0.39 is 6.04 Å². The van der Waals surface area contributed by atoms with Crippen LogP contribution in [0.5, 0.6) is 0 Å². The molecule has 1 aromatic heterocycles. The maximum absolute atomic E-state index is 12.2. The summed E-state index contributed by atoms with van der Waals surface area (Å²) >= 11 is 0. The van der Waals surface area contributed by atoms with E-state index >= 15 is 0 Å². The number of carbonyl (C=O) groups excluding carboxylic acids is 1. The maximum Gasteiger partial charge on any atom is 0.225 e. The molecule has 0 bridgehead atoms. The highest BCUT2D eigenvalue weighted by atomic mass is 16.1. The minimum atomic E-state index is -0.490. The van der Waals surface area contributed by atoms with Crippen LogP contribution in [-0.2, 0) is 11.2 Å². The summed E-state index contributed by atoms with van der Waals surface area (Å²) in [4.78, 5) is 15.5. The Morgan fingerprint density at radius 3 is 2.67 bits per heavy atom. The fourth-order valence-electron chi connectivity index (χ4n) is 2.38. The van der Waals surface area contributed by atoms with Crippen LogP contribution in [0.4, 0.5) is 0 Å². The quantitative estimate of drug-likeness (QED) is 0.909. The largest absolute Gasteiger partial charge is 0.358 e. The molecule has 0 aliphatic heterocycles. The van der Waals surface area contributed by atoms with Gasteiger partial charge in [0, 0.05) is 16.6 Å². The number of aromatic nitrogens is 1. The van der Waals surface area contributed by atoms with Crippen molar-refractivity contribution in [3.63, 3.8) is 0 Å². The van der Waals surface area contributed by atoms with Crippen LogP contribution >= 0.6 is 0 Å². The lowest BCUT2D eigenvalue weighted by Crippen LogP contribution is -2.43. The molecule has 4 heteroatoms. The number of fused-ring (bicyclic) bond motifs is 1. The van der Waals surface area contributed by atoms with Gasteiger partial charge in [0.05, 0.1) is 12.5 Å². The number of rotatable bonds is 3. The van der Waals surface area contributed by atoms with Gasteiger partial charge in [-0.05, 0) is 24.0 Å². The Morgan fingerprint density at radius 2 is 2.05 bits per heavy atom. The molecule has 0 radical (unpaired) electrons. The first kappa shape index (κ1) is 15.1. The van der Waals surface area contributed by atoms with Crippen LogP contribution in [0, 0.1) is 23.7 Å². The van der Waals surface area contributed by atoms with Crippen molar-refractivity contribution in [2.45, 2.75) is 40.2 Å².